The topological polar surface area (TPSA) is 92.6 Å². The predicted molar refractivity (Wildman–Crippen MR) is 153 cm³/mol. The summed E-state index contributed by atoms with van der Waals surface area (Å²) in [5.74, 6) is 0.427. The zero-order chi connectivity index (χ0) is 27.5. The lowest BCUT2D eigenvalue weighted by Gasteiger charge is -2.32. The van der Waals surface area contributed by atoms with Crippen molar-refractivity contribution in [1.82, 2.24) is 10.2 Å². The quantitative estimate of drug-likeness (QED) is 0.225. The van der Waals surface area contributed by atoms with Gasteiger partial charge in [-0.1, -0.05) is 79.2 Å². The molecule has 200 valence electrons. The van der Waals surface area contributed by atoms with Crippen molar-refractivity contribution in [2.24, 2.45) is 0 Å². The molecule has 0 bridgehead atoms. The highest BCUT2D eigenvalue weighted by molar-refractivity contribution is 7.99. The molecule has 0 unspecified atom stereocenters. The maximum absolute atomic E-state index is 13.7. The molecule has 3 rings (SSSR count). The van der Waals surface area contributed by atoms with Crippen molar-refractivity contribution in [3.05, 3.63) is 111 Å². The van der Waals surface area contributed by atoms with Crippen molar-refractivity contribution >= 4 is 29.3 Å². The van der Waals surface area contributed by atoms with E-state index in [0.717, 1.165) is 28.7 Å². The van der Waals surface area contributed by atoms with Gasteiger partial charge in [-0.15, -0.1) is 11.8 Å². The lowest BCUT2D eigenvalue weighted by Crippen LogP contribution is -2.52. The molecular weight excluding hydrogens is 498 g/mol. The third kappa shape index (κ3) is 8.73. The first-order chi connectivity index (χ1) is 18.3. The molecule has 0 aliphatic carbocycles. The summed E-state index contributed by atoms with van der Waals surface area (Å²) in [5, 5.41) is 14.0. The fourth-order valence-corrected chi connectivity index (χ4v) is 4.81. The molecule has 1 N–H and O–H groups in total. The van der Waals surface area contributed by atoms with Gasteiger partial charge in [-0.25, -0.2) is 0 Å². The first-order valence-electron chi connectivity index (χ1n) is 12.8. The Bertz CT molecular complexity index is 1200. The van der Waals surface area contributed by atoms with E-state index in [9.17, 15) is 19.7 Å². The predicted octanol–water partition coefficient (Wildman–Crippen LogP) is 5.69. The molecule has 0 saturated heterocycles. The molecule has 0 aliphatic heterocycles. The summed E-state index contributed by atoms with van der Waals surface area (Å²) in [7, 11) is 0. The van der Waals surface area contributed by atoms with Crippen molar-refractivity contribution in [3.8, 4) is 0 Å². The molecule has 2 amide bonds. The molecule has 0 radical (unpaired) electrons. The minimum atomic E-state index is -0.667. The van der Waals surface area contributed by atoms with Gasteiger partial charge in [-0.05, 0) is 37.0 Å². The standard InChI is InChI=1S/C30H35N3O4S/c1-4-23(3)31-30(35)28(18-24-8-6-5-7-9-24)32(19-25-12-10-22(2)11-13-25)29(34)21-38-20-26-14-16-27(17-15-26)33(36)37/h5-17,23,28H,4,18-21H2,1-3H3,(H,31,35)/t23-,28+/m0/s1. The Hall–Kier alpha value is -3.65. The van der Waals surface area contributed by atoms with Gasteiger partial charge in [0.2, 0.25) is 11.8 Å². The van der Waals surface area contributed by atoms with E-state index >= 15 is 0 Å². The van der Waals surface area contributed by atoms with Gasteiger partial charge in [-0.3, -0.25) is 19.7 Å². The van der Waals surface area contributed by atoms with Crippen LogP contribution in [0, 0.1) is 17.0 Å². The third-order valence-corrected chi connectivity index (χ3v) is 7.38. The third-order valence-electron chi connectivity index (χ3n) is 6.39. The van der Waals surface area contributed by atoms with E-state index in [0.29, 0.717) is 18.7 Å². The molecule has 0 fully saturated rings. The van der Waals surface area contributed by atoms with E-state index in [1.165, 1.54) is 23.9 Å². The Morgan fingerprint density at radius 3 is 2.18 bits per heavy atom. The molecule has 8 heteroatoms. The molecule has 0 saturated carbocycles. The minimum Gasteiger partial charge on any atom is -0.352 e. The summed E-state index contributed by atoms with van der Waals surface area (Å²) in [6.07, 6.45) is 1.20. The maximum atomic E-state index is 13.7. The Balaban J connectivity index is 1.82. The average Bonchev–Trinajstić information content (AvgIpc) is 2.92. The second kappa shape index (κ2) is 14.3. The van der Waals surface area contributed by atoms with E-state index in [1.54, 1.807) is 17.0 Å². The van der Waals surface area contributed by atoms with E-state index in [2.05, 4.69) is 5.32 Å². The number of nitrogens with zero attached hydrogens (tertiary/aromatic N) is 2. The van der Waals surface area contributed by atoms with Crippen LogP contribution in [0.2, 0.25) is 0 Å². The van der Waals surface area contributed by atoms with Gasteiger partial charge in [0.25, 0.3) is 5.69 Å². The van der Waals surface area contributed by atoms with Crippen LogP contribution >= 0.6 is 11.8 Å². The molecule has 0 aromatic heterocycles. The Morgan fingerprint density at radius 1 is 0.947 bits per heavy atom. The van der Waals surface area contributed by atoms with Crippen LogP contribution < -0.4 is 5.32 Å². The van der Waals surface area contributed by atoms with Crippen LogP contribution in [0.3, 0.4) is 0 Å². The summed E-state index contributed by atoms with van der Waals surface area (Å²) in [5.41, 5.74) is 4.00. The number of amides is 2. The smallest absolute Gasteiger partial charge is 0.269 e. The number of carbonyl (C=O) groups excluding carboxylic acids is 2. The van der Waals surface area contributed by atoms with Crippen LogP contribution in [0.1, 0.15) is 42.5 Å². The van der Waals surface area contributed by atoms with Crippen molar-refractivity contribution in [1.29, 1.82) is 0 Å². The number of rotatable bonds is 13. The lowest BCUT2D eigenvalue weighted by atomic mass is 10.0. The van der Waals surface area contributed by atoms with Crippen molar-refractivity contribution in [2.75, 3.05) is 5.75 Å². The van der Waals surface area contributed by atoms with Gasteiger partial charge in [-0.2, -0.15) is 0 Å². The Labute approximate surface area is 228 Å². The monoisotopic (exact) mass is 533 g/mol. The largest absolute Gasteiger partial charge is 0.352 e. The van der Waals surface area contributed by atoms with Crippen molar-refractivity contribution < 1.29 is 14.5 Å². The van der Waals surface area contributed by atoms with Crippen LogP contribution in [-0.2, 0) is 28.3 Å². The van der Waals surface area contributed by atoms with Crippen LogP contribution in [0.5, 0.6) is 0 Å². The van der Waals surface area contributed by atoms with E-state index in [1.807, 2.05) is 75.4 Å². The molecule has 0 aliphatic rings. The van der Waals surface area contributed by atoms with Crippen molar-refractivity contribution in [3.63, 3.8) is 0 Å². The maximum Gasteiger partial charge on any atom is 0.269 e. The van der Waals surface area contributed by atoms with Gasteiger partial charge in [0.05, 0.1) is 10.7 Å². The number of nitro benzene ring substituents is 1. The average molecular weight is 534 g/mol. The summed E-state index contributed by atoms with van der Waals surface area (Å²) < 4.78 is 0. The zero-order valence-corrected chi connectivity index (χ0v) is 22.9. The number of non-ortho nitro benzene ring substituents is 1. The van der Waals surface area contributed by atoms with Gasteiger partial charge in [0.15, 0.2) is 0 Å². The highest BCUT2D eigenvalue weighted by Gasteiger charge is 2.30. The van der Waals surface area contributed by atoms with Crippen LogP contribution in [0.4, 0.5) is 5.69 Å². The van der Waals surface area contributed by atoms with Gasteiger partial charge < -0.3 is 10.2 Å². The van der Waals surface area contributed by atoms with Crippen LogP contribution in [0.25, 0.3) is 0 Å². The molecular formula is C30H35N3O4S. The van der Waals surface area contributed by atoms with Crippen LogP contribution in [0.15, 0.2) is 78.9 Å². The highest BCUT2D eigenvalue weighted by atomic mass is 32.2. The molecule has 0 heterocycles. The number of hydrogen-bond donors (Lipinski definition) is 1. The molecule has 2 atom stereocenters. The first-order valence-corrected chi connectivity index (χ1v) is 13.9. The Kier molecular flexibility index (Phi) is 10.9. The summed E-state index contributed by atoms with van der Waals surface area (Å²) >= 11 is 1.43. The molecule has 7 nitrogen and oxygen atoms in total. The van der Waals surface area contributed by atoms with E-state index in [4.69, 9.17) is 0 Å². The minimum absolute atomic E-state index is 0.00591. The number of hydrogen-bond acceptors (Lipinski definition) is 5. The molecule has 38 heavy (non-hydrogen) atoms. The van der Waals surface area contributed by atoms with Gasteiger partial charge >= 0.3 is 0 Å². The SMILES string of the molecule is CC[C@H](C)NC(=O)[C@@H](Cc1ccccc1)N(Cc1ccc(C)cc1)C(=O)CSCc1ccc([N+](=O)[O-])cc1. The number of carbonyl (C=O) groups is 2. The second-order valence-electron chi connectivity index (χ2n) is 9.45. The highest BCUT2D eigenvalue weighted by Crippen LogP contribution is 2.20. The number of aryl methyl sites for hydroxylation is 1. The summed E-state index contributed by atoms with van der Waals surface area (Å²) in [4.78, 5) is 39.4. The van der Waals surface area contributed by atoms with Gasteiger partial charge in [0, 0.05) is 36.9 Å². The Morgan fingerprint density at radius 2 is 1.58 bits per heavy atom. The number of nitrogens with one attached hydrogen (secondary N) is 1. The fraction of sp³-hybridized carbons (Fsp3) is 0.333. The van der Waals surface area contributed by atoms with Crippen molar-refractivity contribution in [2.45, 2.75) is 58.0 Å². The zero-order valence-electron chi connectivity index (χ0n) is 22.1. The molecule has 0 spiro atoms. The number of thioether (sulfide) groups is 1. The van der Waals surface area contributed by atoms with Gasteiger partial charge in [0.1, 0.15) is 6.04 Å². The lowest BCUT2D eigenvalue weighted by molar-refractivity contribution is -0.384. The summed E-state index contributed by atoms with van der Waals surface area (Å²) in [6.45, 7) is 6.31. The van der Waals surface area contributed by atoms with E-state index in [-0.39, 0.29) is 29.3 Å². The molecule has 3 aromatic carbocycles. The number of nitro groups is 1. The second-order valence-corrected chi connectivity index (χ2v) is 10.4. The fourth-order valence-electron chi connectivity index (χ4n) is 3.94. The number of benzene rings is 3. The van der Waals surface area contributed by atoms with E-state index < -0.39 is 11.0 Å². The summed E-state index contributed by atoms with van der Waals surface area (Å²) in [6, 6.07) is 23.4. The normalized spacial score (nSPS) is 12.4. The first kappa shape index (κ1) is 28.9. The molecule has 3 aromatic rings. The van der Waals surface area contributed by atoms with Crippen LogP contribution in [-0.4, -0.2) is 39.5 Å².